The average Bonchev–Trinajstić information content (AvgIpc) is 2.98. The van der Waals surface area contributed by atoms with Gasteiger partial charge in [0, 0.05) is 0 Å². The van der Waals surface area contributed by atoms with Gasteiger partial charge in [0.1, 0.15) is 6.33 Å². The zero-order chi connectivity index (χ0) is 21.0. The predicted octanol–water partition coefficient (Wildman–Crippen LogP) is 5.17. The van der Waals surface area contributed by atoms with Crippen molar-refractivity contribution in [1.82, 2.24) is 14.8 Å². The van der Waals surface area contributed by atoms with E-state index in [1.54, 1.807) is 4.68 Å². The monoisotopic (exact) mass is 415 g/mol. The Bertz CT molecular complexity index is 753. The minimum atomic E-state index is -4.30. The molecule has 0 saturated carbocycles. The van der Waals surface area contributed by atoms with E-state index in [4.69, 9.17) is 0 Å². The fourth-order valence-electron chi connectivity index (χ4n) is 3.09. The van der Waals surface area contributed by atoms with Crippen LogP contribution in [0.3, 0.4) is 0 Å². The van der Waals surface area contributed by atoms with Gasteiger partial charge in [-0.25, -0.2) is 9.67 Å². The quantitative estimate of drug-likeness (QED) is 0.462. The van der Waals surface area contributed by atoms with Crippen molar-refractivity contribution >= 4 is 12.6 Å². The second-order valence-electron chi connectivity index (χ2n) is 8.25. The second-order valence-corrected chi connectivity index (χ2v) is 8.65. The van der Waals surface area contributed by atoms with Gasteiger partial charge in [-0.05, 0) is 42.4 Å². The largest absolute Gasteiger partial charge is 0.416 e. The molecule has 0 bridgehead atoms. The summed E-state index contributed by atoms with van der Waals surface area (Å²) >= 11 is 4.25. The average molecular weight is 416 g/mol. The van der Waals surface area contributed by atoms with E-state index in [2.05, 4.69) is 22.7 Å². The molecular formula is C20H28F3N3OS. The normalized spacial score (nSPS) is 14.9. The van der Waals surface area contributed by atoms with E-state index < -0.39 is 17.3 Å². The number of rotatable bonds is 8. The maximum absolute atomic E-state index is 12.6. The lowest BCUT2D eigenvalue weighted by molar-refractivity contribution is -0.137. The molecule has 156 valence electrons. The number of aliphatic hydroxyl groups is 1. The Morgan fingerprint density at radius 2 is 1.68 bits per heavy atom. The zero-order valence-electron chi connectivity index (χ0n) is 16.5. The molecule has 1 N–H and O–H groups in total. The van der Waals surface area contributed by atoms with Gasteiger partial charge in [0.15, 0.2) is 5.16 Å². The van der Waals surface area contributed by atoms with E-state index in [0.717, 1.165) is 43.4 Å². The van der Waals surface area contributed by atoms with E-state index in [1.807, 2.05) is 20.8 Å². The lowest BCUT2D eigenvalue weighted by Crippen LogP contribution is -2.46. The van der Waals surface area contributed by atoms with E-state index in [-0.39, 0.29) is 5.41 Å². The van der Waals surface area contributed by atoms with Gasteiger partial charge in [-0.3, -0.25) is 0 Å². The molecule has 0 saturated heterocycles. The third-order valence-electron chi connectivity index (χ3n) is 5.24. The Hall–Kier alpha value is -1.54. The molecule has 1 aromatic heterocycles. The SMILES string of the molecule is CC(C)(C)C(O)(CCCCCc1ccc(C(F)(F)F)cc1)Cn1ncnc1S. The molecule has 0 fully saturated rings. The highest BCUT2D eigenvalue weighted by Gasteiger charge is 2.40. The lowest BCUT2D eigenvalue weighted by Gasteiger charge is -2.40. The number of unbranched alkanes of at least 4 members (excludes halogenated alkanes) is 2. The smallest absolute Gasteiger partial charge is 0.387 e. The molecule has 0 aliphatic carbocycles. The van der Waals surface area contributed by atoms with Gasteiger partial charge in [-0.15, -0.1) is 12.6 Å². The molecule has 2 aromatic rings. The predicted molar refractivity (Wildman–Crippen MR) is 105 cm³/mol. The maximum atomic E-state index is 12.6. The number of alkyl halides is 3. The van der Waals surface area contributed by atoms with Crippen molar-refractivity contribution in [2.45, 2.75) is 76.4 Å². The minimum Gasteiger partial charge on any atom is -0.387 e. The summed E-state index contributed by atoms with van der Waals surface area (Å²) in [5.41, 5.74) is -1.05. The van der Waals surface area contributed by atoms with Crippen LogP contribution in [0, 0.1) is 5.41 Å². The van der Waals surface area contributed by atoms with Crippen LogP contribution in [0.2, 0.25) is 0 Å². The number of hydrogen-bond donors (Lipinski definition) is 2. The number of hydrogen-bond acceptors (Lipinski definition) is 4. The minimum absolute atomic E-state index is 0.314. The summed E-state index contributed by atoms with van der Waals surface area (Å²) < 4.78 is 39.4. The summed E-state index contributed by atoms with van der Waals surface area (Å²) in [5.74, 6) is 0. The maximum Gasteiger partial charge on any atom is 0.416 e. The molecule has 0 aliphatic heterocycles. The molecule has 2 rings (SSSR count). The molecular weight excluding hydrogens is 387 g/mol. The van der Waals surface area contributed by atoms with Crippen molar-refractivity contribution < 1.29 is 18.3 Å². The third kappa shape index (κ3) is 5.98. The molecule has 4 nitrogen and oxygen atoms in total. The van der Waals surface area contributed by atoms with Gasteiger partial charge in [-0.1, -0.05) is 45.7 Å². The van der Waals surface area contributed by atoms with E-state index in [1.165, 1.54) is 18.5 Å². The van der Waals surface area contributed by atoms with E-state index in [0.29, 0.717) is 18.1 Å². The first-order chi connectivity index (χ1) is 12.9. The fraction of sp³-hybridized carbons (Fsp3) is 0.600. The first-order valence-electron chi connectivity index (χ1n) is 9.38. The number of benzene rings is 1. The Morgan fingerprint density at radius 1 is 1.04 bits per heavy atom. The molecule has 8 heteroatoms. The van der Waals surface area contributed by atoms with Crippen molar-refractivity contribution in [2.75, 3.05) is 0 Å². The van der Waals surface area contributed by atoms with Crippen LogP contribution in [0.5, 0.6) is 0 Å². The first-order valence-corrected chi connectivity index (χ1v) is 9.82. The molecule has 0 spiro atoms. The van der Waals surface area contributed by atoms with Crippen LogP contribution in [-0.4, -0.2) is 25.5 Å². The number of aromatic nitrogens is 3. The van der Waals surface area contributed by atoms with Gasteiger partial charge >= 0.3 is 6.18 Å². The van der Waals surface area contributed by atoms with Crippen LogP contribution in [0.4, 0.5) is 13.2 Å². The number of aryl methyl sites for hydroxylation is 1. The highest BCUT2D eigenvalue weighted by Crippen LogP contribution is 2.36. The highest BCUT2D eigenvalue weighted by molar-refractivity contribution is 7.80. The summed E-state index contributed by atoms with van der Waals surface area (Å²) in [6.07, 6.45) is 0.969. The highest BCUT2D eigenvalue weighted by atomic mass is 32.1. The van der Waals surface area contributed by atoms with Gasteiger partial charge < -0.3 is 5.11 Å². The van der Waals surface area contributed by atoms with Crippen molar-refractivity contribution in [3.05, 3.63) is 41.7 Å². The third-order valence-corrected chi connectivity index (χ3v) is 5.59. The van der Waals surface area contributed by atoms with Crippen molar-refractivity contribution in [1.29, 1.82) is 0 Å². The van der Waals surface area contributed by atoms with Crippen LogP contribution in [0.1, 0.15) is 57.6 Å². The van der Waals surface area contributed by atoms with Gasteiger partial charge in [0.2, 0.25) is 0 Å². The molecule has 1 unspecified atom stereocenters. The topological polar surface area (TPSA) is 50.9 Å². The molecule has 1 aromatic carbocycles. The summed E-state index contributed by atoms with van der Waals surface area (Å²) in [6, 6.07) is 5.32. The van der Waals surface area contributed by atoms with Crippen LogP contribution < -0.4 is 0 Å². The van der Waals surface area contributed by atoms with E-state index in [9.17, 15) is 18.3 Å². The van der Waals surface area contributed by atoms with Crippen molar-refractivity contribution in [2.24, 2.45) is 5.41 Å². The number of nitrogens with zero attached hydrogens (tertiary/aromatic N) is 3. The van der Waals surface area contributed by atoms with Gasteiger partial charge in [0.25, 0.3) is 0 Å². The molecule has 1 heterocycles. The van der Waals surface area contributed by atoms with Crippen molar-refractivity contribution in [3.8, 4) is 0 Å². The second kappa shape index (κ2) is 8.86. The van der Waals surface area contributed by atoms with Crippen molar-refractivity contribution in [3.63, 3.8) is 0 Å². The molecule has 0 amide bonds. The summed E-state index contributed by atoms with van der Waals surface area (Å²) in [4.78, 5) is 3.98. The van der Waals surface area contributed by atoms with Crippen LogP contribution >= 0.6 is 12.6 Å². The Kier molecular flexibility index (Phi) is 7.20. The van der Waals surface area contributed by atoms with E-state index >= 15 is 0 Å². The van der Waals surface area contributed by atoms with Crippen LogP contribution in [0.25, 0.3) is 0 Å². The standard InChI is InChI=1S/C20H28F3N3OS/c1-18(2,3)19(27,13-26-17(28)24-14-25-26)12-6-4-5-7-15-8-10-16(11-9-15)20(21,22)23/h8-11,14,27H,4-7,12-13H2,1-3H3,(H,24,25,28). The Labute approximate surface area is 169 Å². The molecule has 0 aliphatic rings. The molecule has 28 heavy (non-hydrogen) atoms. The van der Waals surface area contributed by atoms with Gasteiger partial charge in [0.05, 0.1) is 17.7 Å². The summed E-state index contributed by atoms with van der Waals surface area (Å²) in [6.45, 7) is 6.28. The Morgan fingerprint density at radius 3 is 2.18 bits per heavy atom. The lowest BCUT2D eigenvalue weighted by atomic mass is 9.73. The van der Waals surface area contributed by atoms with Crippen LogP contribution in [-0.2, 0) is 19.1 Å². The first kappa shape index (κ1) is 22.7. The number of thiol groups is 1. The van der Waals surface area contributed by atoms with Crippen LogP contribution in [0.15, 0.2) is 35.7 Å². The summed E-state index contributed by atoms with van der Waals surface area (Å²) in [7, 11) is 0. The summed E-state index contributed by atoms with van der Waals surface area (Å²) in [5, 5.41) is 15.8. The molecule has 0 radical (unpaired) electrons. The molecule has 1 atom stereocenters. The van der Waals surface area contributed by atoms with Gasteiger partial charge in [-0.2, -0.15) is 18.3 Å². The number of halogens is 3. The fourth-order valence-corrected chi connectivity index (χ4v) is 3.27. The zero-order valence-corrected chi connectivity index (χ0v) is 17.4. The Balaban J connectivity index is 1.85.